The number of amides is 1. The maximum Gasteiger partial charge on any atom is 0.280 e. The zero-order chi connectivity index (χ0) is 17.9. The summed E-state index contributed by atoms with van der Waals surface area (Å²) in [5.74, 6) is -0.537. The summed E-state index contributed by atoms with van der Waals surface area (Å²) in [6, 6.07) is 14.5. The topological polar surface area (TPSA) is 106 Å². The highest BCUT2D eigenvalue weighted by Crippen LogP contribution is 2.13. The highest BCUT2D eigenvalue weighted by atomic mass is 16.2. The minimum Gasteiger partial charge on any atom is -0.346 e. The Morgan fingerprint density at radius 3 is 2.77 bits per heavy atom. The average Bonchev–Trinajstić information content (AvgIpc) is 3.20. The van der Waals surface area contributed by atoms with Crippen LogP contribution in [0.25, 0.3) is 16.7 Å². The molecule has 0 fully saturated rings. The quantitative estimate of drug-likeness (QED) is 0.581. The molecule has 0 spiro atoms. The molecular formula is C18H14N6O2. The number of hydrogen-bond donors (Lipinski definition) is 2. The van der Waals surface area contributed by atoms with E-state index >= 15 is 0 Å². The minimum atomic E-state index is -0.537. The minimum absolute atomic E-state index is 0.165. The molecule has 128 valence electrons. The van der Waals surface area contributed by atoms with Gasteiger partial charge < -0.3 is 10.3 Å². The standard InChI is InChI=1S/C18H14N6O2/c25-17(16-18(26)23-14-7-3-2-6-13(14)22-16)20-9-12-5-1-4-8-15(12)24-11-19-10-21-24/h1-8,10-11H,9H2,(H,20,25)(H,23,26). The zero-order valence-corrected chi connectivity index (χ0v) is 13.6. The monoisotopic (exact) mass is 346 g/mol. The molecule has 0 aliphatic carbocycles. The van der Waals surface area contributed by atoms with Gasteiger partial charge in [0.05, 0.1) is 16.7 Å². The lowest BCUT2D eigenvalue weighted by Gasteiger charge is -2.10. The Balaban J connectivity index is 1.59. The van der Waals surface area contributed by atoms with E-state index in [2.05, 4.69) is 25.4 Å². The molecular weight excluding hydrogens is 332 g/mol. The number of aromatic amines is 1. The Labute approximate surface area is 147 Å². The van der Waals surface area contributed by atoms with Crippen molar-refractivity contribution in [2.75, 3.05) is 0 Å². The van der Waals surface area contributed by atoms with Crippen molar-refractivity contribution in [1.82, 2.24) is 30.0 Å². The van der Waals surface area contributed by atoms with E-state index in [9.17, 15) is 9.59 Å². The fraction of sp³-hybridized carbons (Fsp3) is 0.0556. The summed E-state index contributed by atoms with van der Waals surface area (Å²) in [4.78, 5) is 35.4. The van der Waals surface area contributed by atoms with Crippen LogP contribution in [0.15, 0.2) is 66.0 Å². The first-order chi connectivity index (χ1) is 12.7. The van der Waals surface area contributed by atoms with Gasteiger partial charge in [-0.15, -0.1) is 0 Å². The van der Waals surface area contributed by atoms with E-state index in [-0.39, 0.29) is 12.2 Å². The van der Waals surface area contributed by atoms with Gasteiger partial charge in [0, 0.05) is 6.54 Å². The molecule has 2 aromatic carbocycles. The molecule has 0 bridgehead atoms. The third-order valence-electron chi connectivity index (χ3n) is 3.91. The van der Waals surface area contributed by atoms with Crippen LogP contribution in [-0.4, -0.2) is 30.6 Å². The molecule has 2 aromatic heterocycles. The number of carbonyl (C=O) groups is 1. The Morgan fingerprint density at radius 1 is 1.12 bits per heavy atom. The van der Waals surface area contributed by atoms with Crippen molar-refractivity contribution in [3.05, 3.63) is 82.8 Å². The van der Waals surface area contributed by atoms with Crippen LogP contribution in [0.1, 0.15) is 16.1 Å². The van der Waals surface area contributed by atoms with E-state index in [1.807, 2.05) is 24.3 Å². The summed E-state index contributed by atoms with van der Waals surface area (Å²) < 4.78 is 1.61. The molecule has 0 aliphatic rings. The van der Waals surface area contributed by atoms with Gasteiger partial charge in [0.25, 0.3) is 11.5 Å². The van der Waals surface area contributed by atoms with Crippen molar-refractivity contribution in [3.63, 3.8) is 0 Å². The second kappa shape index (κ2) is 6.60. The summed E-state index contributed by atoms with van der Waals surface area (Å²) in [7, 11) is 0. The first kappa shape index (κ1) is 15.7. The number of para-hydroxylation sites is 3. The Hall–Kier alpha value is -3.81. The molecule has 8 nitrogen and oxygen atoms in total. The SMILES string of the molecule is O=C(NCc1ccccc1-n1cncn1)c1nc2ccccc2[nH]c1=O. The number of rotatable bonds is 4. The van der Waals surface area contributed by atoms with Crippen LogP contribution in [-0.2, 0) is 6.54 Å². The second-order valence-electron chi connectivity index (χ2n) is 5.58. The van der Waals surface area contributed by atoms with Crippen molar-refractivity contribution in [3.8, 4) is 5.69 Å². The van der Waals surface area contributed by atoms with Crippen molar-refractivity contribution < 1.29 is 4.79 Å². The van der Waals surface area contributed by atoms with Gasteiger partial charge in [0.15, 0.2) is 5.69 Å². The van der Waals surface area contributed by atoms with Crippen molar-refractivity contribution >= 4 is 16.9 Å². The lowest BCUT2D eigenvalue weighted by atomic mass is 10.1. The van der Waals surface area contributed by atoms with Crippen LogP contribution in [0.3, 0.4) is 0 Å². The highest BCUT2D eigenvalue weighted by molar-refractivity contribution is 5.93. The number of benzene rings is 2. The summed E-state index contributed by atoms with van der Waals surface area (Å²) in [6.07, 6.45) is 3.02. The van der Waals surface area contributed by atoms with Gasteiger partial charge in [-0.2, -0.15) is 5.10 Å². The van der Waals surface area contributed by atoms with Crippen molar-refractivity contribution in [2.45, 2.75) is 6.54 Å². The first-order valence-corrected chi connectivity index (χ1v) is 7.92. The van der Waals surface area contributed by atoms with E-state index in [0.717, 1.165) is 11.3 Å². The number of aromatic nitrogens is 5. The predicted molar refractivity (Wildman–Crippen MR) is 94.9 cm³/mol. The van der Waals surface area contributed by atoms with E-state index < -0.39 is 11.5 Å². The van der Waals surface area contributed by atoms with Gasteiger partial charge in [-0.1, -0.05) is 30.3 Å². The number of hydrogen-bond acceptors (Lipinski definition) is 5. The third kappa shape index (κ3) is 2.95. The molecule has 0 saturated carbocycles. The van der Waals surface area contributed by atoms with Gasteiger partial charge in [-0.3, -0.25) is 9.59 Å². The smallest absolute Gasteiger partial charge is 0.280 e. The van der Waals surface area contributed by atoms with E-state index in [1.54, 1.807) is 35.3 Å². The van der Waals surface area contributed by atoms with E-state index in [4.69, 9.17) is 0 Å². The molecule has 0 atom stereocenters. The first-order valence-electron chi connectivity index (χ1n) is 7.92. The molecule has 0 aliphatic heterocycles. The molecule has 4 rings (SSSR count). The Morgan fingerprint density at radius 2 is 1.92 bits per heavy atom. The van der Waals surface area contributed by atoms with Gasteiger partial charge in [-0.25, -0.2) is 14.6 Å². The lowest BCUT2D eigenvalue weighted by Crippen LogP contribution is -2.31. The fourth-order valence-corrected chi connectivity index (χ4v) is 2.66. The molecule has 1 amide bonds. The van der Waals surface area contributed by atoms with Crippen molar-refractivity contribution in [2.24, 2.45) is 0 Å². The van der Waals surface area contributed by atoms with Gasteiger partial charge in [0.1, 0.15) is 12.7 Å². The van der Waals surface area contributed by atoms with Gasteiger partial charge in [0.2, 0.25) is 0 Å². The van der Waals surface area contributed by atoms with Crippen LogP contribution in [0.5, 0.6) is 0 Å². The summed E-state index contributed by atoms with van der Waals surface area (Å²) in [6.45, 7) is 0.225. The Bertz CT molecular complexity index is 1130. The van der Waals surface area contributed by atoms with Crippen LogP contribution >= 0.6 is 0 Å². The number of nitrogens with one attached hydrogen (secondary N) is 2. The summed E-state index contributed by atoms with van der Waals surface area (Å²) in [5.41, 5.74) is 2.09. The number of nitrogens with zero attached hydrogens (tertiary/aromatic N) is 4. The molecule has 0 unspecified atom stereocenters. The summed E-state index contributed by atoms with van der Waals surface area (Å²) in [5, 5.41) is 6.85. The molecule has 4 aromatic rings. The lowest BCUT2D eigenvalue weighted by molar-refractivity contribution is 0.0944. The largest absolute Gasteiger partial charge is 0.346 e. The van der Waals surface area contributed by atoms with E-state index in [1.165, 1.54) is 6.33 Å². The number of H-pyrrole nitrogens is 1. The van der Waals surface area contributed by atoms with Gasteiger partial charge >= 0.3 is 0 Å². The maximum atomic E-state index is 12.5. The fourth-order valence-electron chi connectivity index (χ4n) is 2.66. The van der Waals surface area contributed by atoms with Crippen LogP contribution < -0.4 is 10.9 Å². The third-order valence-corrected chi connectivity index (χ3v) is 3.91. The van der Waals surface area contributed by atoms with Crippen LogP contribution in [0.2, 0.25) is 0 Å². The normalized spacial score (nSPS) is 10.8. The van der Waals surface area contributed by atoms with E-state index in [0.29, 0.717) is 11.0 Å². The van der Waals surface area contributed by atoms with Crippen LogP contribution in [0.4, 0.5) is 0 Å². The second-order valence-corrected chi connectivity index (χ2v) is 5.58. The molecule has 2 N–H and O–H groups in total. The summed E-state index contributed by atoms with van der Waals surface area (Å²) >= 11 is 0. The highest BCUT2D eigenvalue weighted by Gasteiger charge is 2.14. The zero-order valence-electron chi connectivity index (χ0n) is 13.6. The number of fused-ring (bicyclic) bond motifs is 1. The molecule has 0 saturated heterocycles. The van der Waals surface area contributed by atoms with Gasteiger partial charge in [-0.05, 0) is 23.8 Å². The molecule has 2 heterocycles. The molecule has 8 heteroatoms. The maximum absolute atomic E-state index is 12.5. The number of carbonyl (C=O) groups excluding carboxylic acids is 1. The molecule has 0 radical (unpaired) electrons. The Kier molecular flexibility index (Phi) is 3.98. The van der Waals surface area contributed by atoms with Crippen molar-refractivity contribution in [1.29, 1.82) is 0 Å². The predicted octanol–water partition coefficient (Wildman–Crippen LogP) is 1.43. The molecule has 26 heavy (non-hydrogen) atoms. The van der Waals surface area contributed by atoms with Crippen LogP contribution in [0, 0.1) is 0 Å². The average molecular weight is 346 g/mol.